The number of rotatable bonds is 7. The number of amides is 2. The number of anilines is 1. The second-order valence-corrected chi connectivity index (χ2v) is 12.9. The van der Waals surface area contributed by atoms with Crippen LogP contribution in [0.15, 0.2) is 66.7 Å². The number of carbonyl (C=O) groups is 2. The Morgan fingerprint density at radius 3 is 2.44 bits per heavy atom. The first-order valence-corrected chi connectivity index (χ1v) is 15.1. The largest absolute Gasteiger partial charge is 0.506 e. The molecule has 11 nitrogen and oxygen atoms in total. The van der Waals surface area contributed by atoms with Crippen molar-refractivity contribution in [2.24, 2.45) is 0 Å². The molecule has 6 rings (SSSR count). The monoisotopic (exact) mass is 644 g/mol. The summed E-state index contributed by atoms with van der Waals surface area (Å²) in [6.07, 6.45) is 0. The normalized spacial score (nSPS) is 11.7. The number of thiazole rings is 1. The molecule has 0 aliphatic heterocycles. The first-order valence-electron chi connectivity index (χ1n) is 13.9. The number of imidazole rings is 1. The van der Waals surface area contributed by atoms with Crippen molar-refractivity contribution < 1.29 is 24.5 Å². The van der Waals surface area contributed by atoms with Gasteiger partial charge in [0.25, 0.3) is 0 Å². The molecule has 0 bridgehead atoms. The third-order valence-electron chi connectivity index (χ3n) is 7.10. The van der Waals surface area contributed by atoms with Gasteiger partial charge in [0.15, 0.2) is 10.7 Å². The molecule has 13 heteroatoms. The van der Waals surface area contributed by atoms with E-state index in [2.05, 4.69) is 20.7 Å². The second-order valence-electron chi connectivity index (χ2n) is 11.5. The van der Waals surface area contributed by atoms with Crippen LogP contribution < -0.4 is 15.4 Å². The minimum atomic E-state index is -1.02. The highest BCUT2D eigenvalue weighted by Gasteiger charge is 2.22. The van der Waals surface area contributed by atoms with E-state index >= 15 is 0 Å². The number of benzene rings is 3. The highest BCUT2D eigenvalue weighted by molar-refractivity contribution is 7.23. The number of carboxylic acids is 1. The maximum Gasteiger partial charge on any atom is 0.354 e. The lowest BCUT2D eigenvalue weighted by Gasteiger charge is -2.14. The summed E-state index contributed by atoms with van der Waals surface area (Å²) < 4.78 is 10.1. The highest BCUT2D eigenvalue weighted by Crippen LogP contribution is 2.34. The summed E-state index contributed by atoms with van der Waals surface area (Å²) in [7, 11) is 0. The molecular formula is C32H29ClN6O5S. The Hall–Kier alpha value is -5.07. The Morgan fingerprint density at radius 1 is 1.02 bits per heavy atom. The summed E-state index contributed by atoms with van der Waals surface area (Å²) in [6, 6.07) is 18.9. The third-order valence-corrected chi connectivity index (χ3v) is 8.41. The van der Waals surface area contributed by atoms with Gasteiger partial charge in [-0.3, -0.25) is 9.72 Å². The number of carbonyl (C=O) groups excluding carboxylic acids is 1. The molecule has 0 radical (unpaired) electrons. The van der Waals surface area contributed by atoms with E-state index in [1.807, 2.05) is 63.2 Å². The summed E-state index contributed by atoms with van der Waals surface area (Å²) in [4.78, 5) is 29.6. The number of fused-ring (bicyclic) bond motifs is 3. The van der Waals surface area contributed by atoms with Crippen molar-refractivity contribution in [2.45, 2.75) is 39.7 Å². The van der Waals surface area contributed by atoms with Gasteiger partial charge in [0.05, 0.1) is 32.3 Å². The lowest BCUT2D eigenvalue weighted by Crippen LogP contribution is -2.29. The molecular weight excluding hydrogens is 616 g/mol. The molecule has 0 atom stereocenters. The van der Waals surface area contributed by atoms with Gasteiger partial charge >= 0.3 is 12.0 Å². The van der Waals surface area contributed by atoms with Crippen molar-refractivity contribution in [3.05, 3.63) is 94.4 Å². The number of aromatic carboxylic acids is 1. The zero-order valence-electron chi connectivity index (χ0n) is 24.8. The molecule has 3 aromatic carbocycles. The second kappa shape index (κ2) is 11.5. The number of urea groups is 1. The van der Waals surface area contributed by atoms with E-state index in [-0.39, 0.29) is 28.4 Å². The SMILES string of the molecule is Cc1nc2sc3cc(Oc4ccc(CNC(=O)Nc5cc(C(C)(C)C)nn5-c5ccc(O)c(Cl)c5)cc4)ccc3n2c1C(=O)O. The van der Waals surface area contributed by atoms with E-state index in [0.717, 1.165) is 21.5 Å². The molecule has 4 N–H and O–H groups in total. The van der Waals surface area contributed by atoms with E-state index in [9.17, 15) is 19.8 Å². The van der Waals surface area contributed by atoms with Crippen molar-refractivity contribution >= 4 is 55.9 Å². The summed E-state index contributed by atoms with van der Waals surface area (Å²) in [5.41, 5.74) is 3.34. The molecule has 0 aliphatic rings. The van der Waals surface area contributed by atoms with Crippen molar-refractivity contribution in [3.8, 4) is 22.9 Å². The molecule has 0 aliphatic carbocycles. The Kier molecular flexibility index (Phi) is 7.63. The van der Waals surface area contributed by atoms with E-state index in [1.54, 1.807) is 34.2 Å². The Balaban J connectivity index is 1.12. The molecule has 0 fully saturated rings. The predicted octanol–water partition coefficient (Wildman–Crippen LogP) is 7.51. The average Bonchev–Trinajstić information content (AvgIpc) is 3.65. The fourth-order valence-electron chi connectivity index (χ4n) is 4.78. The zero-order valence-corrected chi connectivity index (χ0v) is 26.3. The lowest BCUT2D eigenvalue weighted by atomic mass is 9.92. The molecule has 0 spiro atoms. The molecule has 3 aromatic heterocycles. The number of phenols is 1. The fraction of sp³-hybridized carbons (Fsp3) is 0.188. The highest BCUT2D eigenvalue weighted by atomic mass is 35.5. The van der Waals surface area contributed by atoms with E-state index < -0.39 is 12.0 Å². The molecule has 2 amide bonds. The van der Waals surface area contributed by atoms with Gasteiger partial charge in [0.1, 0.15) is 23.1 Å². The maximum atomic E-state index is 12.9. The molecule has 45 heavy (non-hydrogen) atoms. The van der Waals surface area contributed by atoms with Crippen LogP contribution in [-0.2, 0) is 12.0 Å². The molecule has 3 heterocycles. The number of nitrogens with one attached hydrogen (secondary N) is 2. The van der Waals surface area contributed by atoms with Crippen molar-refractivity contribution in [1.29, 1.82) is 0 Å². The molecule has 6 aromatic rings. The Bertz CT molecular complexity index is 2090. The number of carboxylic acid groups (broad SMARTS) is 1. The Morgan fingerprint density at radius 2 is 1.76 bits per heavy atom. The van der Waals surface area contributed by atoms with Crippen LogP contribution in [-0.4, -0.2) is 41.4 Å². The van der Waals surface area contributed by atoms with Crippen molar-refractivity contribution in [2.75, 3.05) is 5.32 Å². The fourth-order valence-corrected chi connectivity index (χ4v) is 6.06. The standard InChI is InChI=1S/C32H29ClN6O5S/c1-17-28(29(41)42)38-23-11-10-21(14-25(23)45-31(38)35-17)44-20-8-5-18(6-9-20)16-34-30(43)36-27-15-26(32(2,3)4)37-39(27)19-7-12-24(40)22(33)13-19/h5-15,40H,16H2,1-4H3,(H,41,42)(H2,34,36,43). The topological polar surface area (TPSA) is 143 Å². The van der Waals surface area contributed by atoms with Crippen LogP contribution in [0.4, 0.5) is 10.6 Å². The summed E-state index contributed by atoms with van der Waals surface area (Å²) >= 11 is 7.52. The van der Waals surface area contributed by atoms with Gasteiger partial charge in [-0.05, 0) is 55.0 Å². The average molecular weight is 645 g/mol. The van der Waals surface area contributed by atoms with Crippen LogP contribution in [0.5, 0.6) is 17.2 Å². The number of ether oxygens (including phenoxy) is 1. The number of aromatic nitrogens is 4. The van der Waals surface area contributed by atoms with Gasteiger partial charge in [0.2, 0.25) is 0 Å². The van der Waals surface area contributed by atoms with E-state index in [4.69, 9.17) is 16.3 Å². The molecule has 0 saturated heterocycles. The van der Waals surface area contributed by atoms with Crippen LogP contribution in [0.1, 0.15) is 48.2 Å². The summed E-state index contributed by atoms with van der Waals surface area (Å²) in [6.45, 7) is 8.03. The van der Waals surface area contributed by atoms with Gasteiger partial charge in [-0.15, -0.1) is 0 Å². The van der Waals surface area contributed by atoms with Crippen molar-refractivity contribution in [3.63, 3.8) is 0 Å². The Labute approximate surface area is 266 Å². The predicted molar refractivity (Wildman–Crippen MR) is 174 cm³/mol. The van der Waals surface area contributed by atoms with Crippen molar-refractivity contribution in [1.82, 2.24) is 24.5 Å². The number of phenolic OH excluding ortho intramolecular Hbond substituents is 1. The van der Waals surface area contributed by atoms with Crippen LogP contribution in [0, 0.1) is 6.92 Å². The van der Waals surface area contributed by atoms with Gasteiger partial charge in [0, 0.05) is 24.1 Å². The number of hydrogen-bond donors (Lipinski definition) is 4. The zero-order chi connectivity index (χ0) is 32.0. The molecule has 230 valence electrons. The number of aryl methyl sites for hydroxylation is 1. The number of aromatic hydroxyl groups is 1. The third kappa shape index (κ3) is 6.02. The summed E-state index contributed by atoms with van der Waals surface area (Å²) in [5.74, 6) is 0.600. The van der Waals surface area contributed by atoms with Crippen LogP contribution in [0.3, 0.4) is 0 Å². The van der Waals surface area contributed by atoms with Crippen LogP contribution >= 0.6 is 22.9 Å². The van der Waals surface area contributed by atoms with Crippen LogP contribution in [0.25, 0.3) is 20.9 Å². The van der Waals surface area contributed by atoms with E-state index in [0.29, 0.717) is 33.7 Å². The maximum absolute atomic E-state index is 12.9. The van der Waals surface area contributed by atoms with Crippen LogP contribution in [0.2, 0.25) is 5.02 Å². The van der Waals surface area contributed by atoms with Gasteiger partial charge in [-0.1, -0.05) is 55.8 Å². The first-order chi connectivity index (χ1) is 21.4. The number of nitrogens with zero attached hydrogens (tertiary/aromatic N) is 4. The summed E-state index contributed by atoms with van der Waals surface area (Å²) in [5, 5.41) is 30.0. The number of hydrogen-bond acceptors (Lipinski definition) is 7. The molecule has 0 saturated carbocycles. The lowest BCUT2D eigenvalue weighted by molar-refractivity contribution is 0.0689. The minimum Gasteiger partial charge on any atom is -0.506 e. The van der Waals surface area contributed by atoms with Gasteiger partial charge in [-0.25, -0.2) is 19.3 Å². The van der Waals surface area contributed by atoms with Gasteiger partial charge in [-0.2, -0.15) is 5.10 Å². The first kappa shape index (κ1) is 30.0. The van der Waals surface area contributed by atoms with E-state index in [1.165, 1.54) is 17.4 Å². The van der Waals surface area contributed by atoms with Gasteiger partial charge < -0.3 is 20.3 Å². The smallest absolute Gasteiger partial charge is 0.354 e. The quantitative estimate of drug-likeness (QED) is 0.141. The molecule has 0 unspecified atom stereocenters. The number of halogens is 1. The minimum absolute atomic E-state index is 0.0434.